The predicted octanol–water partition coefficient (Wildman–Crippen LogP) is 3.74. The number of methoxy groups -OCH3 is 2. The van der Waals surface area contributed by atoms with E-state index in [1.165, 1.54) is 14.2 Å². The van der Waals surface area contributed by atoms with Gasteiger partial charge in [0.25, 0.3) is 0 Å². The molecule has 1 atom stereocenters. The van der Waals surface area contributed by atoms with E-state index in [0.29, 0.717) is 48.2 Å². The van der Waals surface area contributed by atoms with Crippen LogP contribution in [0.25, 0.3) is 0 Å². The van der Waals surface area contributed by atoms with Crippen LogP contribution in [0.1, 0.15) is 19.8 Å². The summed E-state index contributed by atoms with van der Waals surface area (Å²) < 4.78 is 16.2. The molecule has 0 spiro atoms. The van der Waals surface area contributed by atoms with Crippen LogP contribution in [0.4, 0.5) is 16.2 Å². The van der Waals surface area contributed by atoms with Crippen molar-refractivity contribution in [1.82, 2.24) is 4.90 Å². The van der Waals surface area contributed by atoms with Gasteiger partial charge in [-0.1, -0.05) is 18.2 Å². The largest absolute Gasteiger partial charge is 0.494 e. The Bertz CT molecular complexity index is 880. The zero-order chi connectivity index (χ0) is 21.5. The molecule has 2 N–H and O–H groups in total. The molecule has 0 saturated carbocycles. The number of rotatable bonds is 7. The second-order valence-electron chi connectivity index (χ2n) is 6.74. The summed E-state index contributed by atoms with van der Waals surface area (Å²) in [5.41, 5.74) is 1.02. The highest BCUT2D eigenvalue weighted by Crippen LogP contribution is 2.35. The van der Waals surface area contributed by atoms with E-state index in [-0.39, 0.29) is 11.9 Å². The Morgan fingerprint density at radius 3 is 2.33 bits per heavy atom. The topological polar surface area (TPSA) is 89.1 Å². The van der Waals surface area contributed by atoms with E-state index in [9.17, 15) is 9.59 Å². The minimum absolute atomic E-state index is 0.288. The van der Waals surface area contributed by atoms with Crippen LogP contribution in [0.5, 0.6) is 17.2 Å². The third-order valence-electron chi connectivity index (χ3n) is 4.92. The van der Waals surface area contributed by atoms with Gasteiger partial charge in [-0.05, 0) is 44.0 Å². The van der Waals surface area contributed by atoms with Gasteiger partial charge >= 0.3 is 6.03 Å². The lowest BCUT2D eigenvalue weighted by atomic mass is 10.2. The van der Waals surface area contributed by atoms with Gasteiger partial charge in [0.2, 0.25) is 5.91 Å². The number of carbonyl (C=O) groups excluding carboxylic acids is 2. The fraction of sp³-hybridized carbons (Fsp3) is 0.364. The fourth-order valence-corrected chi connectivity index (χ4v) is 3.50. The molecule has 0 bridgehead atoms. The molecule has 160 valence electrons. The monoisotopic (exact) mass is 413 g/mol. The summed E-state index contributed by atoms with van der Waals surface area (Å²) in [4.78, 5) is 27.5. The van der Waals surface area contributed by atoms with Crippen molar-refractivity contribution < 1.29 is 23.8 Å². The van der Waals surface area contributed by atoms with E-state index < -0.39 is 6.04 Å². The summed E-state index contributed by atoms with van der Waals surface area (Å²) in [5.74, 6) is 1.28. The van der Waals surface area contributed by atoms with Crippen LogP contribution < -0.4 is 24.8 Å². The molecule has 0 radical (unpaired) electrons. The number of hydrogen-bond donors (Lipinski definition) is 2. The molecule has 30 heavy (non-hydrogen) atoms. The standard InChI is InChI=1S/C22H27N3O5/c1-4-30-17-11-6-5-9-15(17)23-22(27)25-14-8-10-16(25)21(26)24-20-18(28-2)12-7-13-19(20)29-3/h5-7,9,11-13,16H,4,8,10,14H2,1-3H3,(H,23,27)(H,24,26)/t16-/m1/s1. The first-order valence-corrected chi connectivity index (χ1v) is 9.90. The van der Waals surface area contributed by atoms with Crippen LogP contribution in [0.15, 0.2) is 42.5 Å². The Morgan fingerprint density at radius 2 is 1.67 bits per heavy atom. The van der Waals surface area contributed by atoms with Gasteiger partial charge in [0, 0.05) is 6.54 Å². The van der Waals surface area contributed by atoms with Crippen molar-refractivity contribution in [3.63, 3.8) is 0 Å². The predicted molar refractivity (Wildman–Crippen MR) is 115 cm³/mol. The summed E-state index contributed by atoms with van der Waals surface area (Å²) in [5, 5.41) is 5.73. The number of urea groups is 1. The smallest absolute Gasteiger partial charge is 0.322 e. The van der Waals surface area contributed by atoms with Crippen molar-refractivity contribution in [3.8, 4) is 17.2 Å². The number of hydrogen-bond acceptors (Lipinski definition) is 5. The maximum atomic E-state index is 13.0. The molecule has 1 aliphatic rings. The van der Waals surface area contributed by atoms with Crippen molar-refractivity contribution in [1.29, 1.82) is 0 Å². The van der Waals surface area contributed by atoms with Crippen LogP contribution in [0.3, 0.4) is 0 Å². The molecule has 8 heteroatoms. The third-order valence-corrected chi connectivity index (χ3v) is 4.92. The third kappa shape index (κ3) is 4.59. The molecule has 8 nitrogen and oxygen atoms in total. The minimum Gasteiger partial charge on any atom is -0.494 e. The van der Waals surface area contributed by atoms with Gasteiger partial charge in [-0.15, -0.1) is 0 Å². The van der Waals surface area contributed by atoms with Gasteiger partial charge in [0.15, 0.2) is 0 Å². The molecular weight excluding hydrogens is 386 g/mol. The average Bonchev–Trinajstić information content (AvgIpc) is 3.25. The second kappa shape index (κ2) is 9.87. The zero-order valence-electron chi connectivity index (χ0n) is 17.4. The highest BCUT2D eigenvalue weighted by molar-refractivity contribution is 6.01. The van der Waals surface area contributed by atoms with Gasteiger partial charge in [0.1, 0.15) is 29.0 Å². The fourth-order valence-electron chi connectivity index (χ4n) is 3.50. The lowest BCUT2D eigenvalue weighted by Crippen LogP contribution is -2.45. The normalized spacial score (nSPS) is 15.4. The Hall–Kier alpha value is -3.42. The number of nitrogens with zero attached hydrogens (tertiary/aromatic N) is 1. The number of para-hydroxylation sites is 3. The van der Waals surface area contributed by atoms with Gasteiger partial charge in [-0.3, -0.25) is 4.79 Å². The van der Waals surface area contributed by atoms with E-state index in [2.05, 4.69) is 10.6 Å². The molecule has 0 aromatic heterocycles. The Balaban J connectivity index is 1.74. The number of anilines is 2. The van der Waals surface area contributed by atoms with Crippen molar-refractivity contribution >= 4 is 23.3 Å². The summed E-state index contributed by atoms with van der Waals surface area (Å²) in [6.07, 6.45) is 1.31. The Kier molecular flexibility index (Phi) is 7.00. The number of carbonyl (C=O) groups is 2. The SMILES string of the molecule is CCOc1ccccc1NC(=O)N1CCC[C@@H]1C(=O)Nc1c(OC)cccc1OC. The average molecular weight is 413 g/mol. The first-order chi connectivity index (χ1) is 14.6. The molecule has 0 aliphatic carbocycles. The number of likely N-dealkylation sites (tertiary alicyclic amines) is 1. The van der Waals surface area contributed by atoms with E-state index in [1.807, 2.05) is 19.1 Å². The molecule has 3 amide bonds. The maximum Gasteiger partial charge on any atom is 0.322 e. The first-order valence-electron chi connectivity index (χ1n) is 9.90. The highest BCUT2D eigenvalue weighted by atomic mass is 16.5. The van der Waals surface area contributed by atoms with Gasteiger partial charge in [-0.25, -0.2) is 4.79 Å². The number of amides is 3. The number of nitrogens with one attached hydrogen (secondary N) is 2. The molecular formula is C22H27N3O5. The zero-order valence-corrected chi connectivity index (χ0v) is 17.4. The Labute approximate surface area is 176 Å². The van der Waals surface area contributed by atoms with Crippen LogP contribution in [0, 0.1) is 0 Å². The summed E-state index contributed by atoms with van der Waals surface area (Å²) in [6, 6.07) is 11.5. The summed E-state index contributed by atoms with van der Waals surface area (Å²) in [7, 11) is 3.05. The first kappa shape index (κ1) is 21.3. The maximum absolute atomic E-state index is 13.0. The van der Waals surface area contributed by atoms with Crippen LogP contribution >= 0.6 is 0 Å². The van der Waals surface area contributed by atoms with Gasteiger partial charge in [-0.2, -0.15) is 0 Å². The molecule has 2 aromatic carbocycles. The van der Waals surface area contributed by atoms with E-state index in [1.54, 1.807) is 35.2 Å². The van der Waals surface area contributed by atoms with E-state index >= 15 is 0 Å². The van der Waals surface area contributed by atoms with Crippen LogP contribution in [0.2, 0.25) is 0 Å². The Morgan fingerprint density at radius 1 is 1.00 bits per heavy atom. The quantitative estimate of drug-likeness (QED) is 0.722. The molecule has 2 aromatic rings. The van der Waals surface area contributed by atoms with Crippen molar-refractivity contribution in [2.24, 2.45) is 0 Å². The van der Waals surface area contributed by atoms with E-state index in [4.69, 9.17) is 14.2 Å². The molecule has 0 unspecified atom stereocenters. The van der Waals surface area contributed by atoms with Crippen molar-refractivity contribution in [3.05, 3.63) is 42.5 Å². The van der Waals surface area contributed by atoms with Crippen LogP contribution in [-0.4, -0.2) is 50.3 Å². The molecule has 1 heterocycles. The van der Waals surface area contributed by atoms with Gasteiger partial charge < -0.3 is 29.7 Å². The van der Waals surface area contributed by atoms with Crippen LogP contribution in [-0.2, 0) is 4.79 Å². The minimum atomic E-state index is -0.598. The van der Waals surface area contributed by atoms with Crippen molar-refractivity contribution in [2.75, 3.05) is 38.0 Å². The van der Waals surface area contributed by atoms with Gasteiger partial charge in [0.05, 0.1) is 26.5 Å². The van der Waals surface area contributed by atoms with E-state index in [0.717, 1.165) is 6.42 Å². The number of benzene rings is 2. The molecule has 1 aliphatic heterocycles. The van der Waals surface area contributed by atoms with Crippen molar-refractivity contribution in [2.45, 2.75) is 25.8 Å². The molecule has 1 fully saturated rings. The summed E-state index contributed by atoms with van der Waals surface area (Å²) in [6.45, 7) is 2.86. The highest BCUT2D eigenvalue weighted by Gasteiger charge is 2.35. The lowest BCUT2D eigenvalue weighted by molar-refractivity contribution is -0.119. The second-order valence-corrected chi connectivity index (χ2v) is 6.74. The lowest BCUT2D eigenvalue weighted by Gasteiger charge is -2.25. The molecule has 3 rings (SSSR count). The summed E-state index contributed by atoms with van der Waals surface area (Å²) >= 11 is 0. The number of ether oxygens (including phenoxy) is 3. The molecule has 1 saturated heterocycles.